The molecule has 12 heavy (non-hydrogen) atoms. The van der Waals surface area contributed by atoms with Crippen molar-refractivity contribution < 1.29 is 59.6 Å². The molecular weight excluding hydrogens is 300 g/mol. The number of hydrogen-bond donors (Lipinski definition) is 1. The molecule has 0 fully saturated rings. The second kappa shape index (κ2) is 8.47. The summed E-state index contributed by atoms with van der Waals surface area (Å²) in [5.74, 6) is 0. The maximum atomic E-state index is 8.55. The van der Waals surface area contributed by atoms with Crippen molar-refractivity contribution in [2.75, 3.05) is 0 Å². The summed E-state index contributed by atoms with van der Waals surface area (Å²) in [5, 5.41) is 0. The Balaban J connectivity index is -0.0000000457. The van der Waals surface area contributed by atoms with Gasteiger partial charge in [-0.3, -0.25) is 0 Å². The molecule has 12 heteroatoms. The van der Waals surface area contributed by atoms with Crippen LogP contribution in [0.1, 0.15) is 0 Å². The molecule has 0 radical (unpaired) electrons. The first-order valence-electron chi connectivity index (χ1n) is 1.46. The second-order valence-corrected chi connectivity index (χ2v) is 2.68. The van der Waals surface area contributed by atoms with Crippen LogP contribution in [0.4, 0.5) is 0 Å². The predicted octanol–water partition coefficient (Wildman–Crippen LogP) is -5.28. The third-order valence-corrected chi connectivity index (χ3v) is 0. The zero-order chi connectivity index (χ0) is 9.00. The Morgan fingerprint density at radius 1 is 0.667 bits per heavy atom. The van der Waals surface area contributed by atoms with E-state index in [-0.39, 0.29) is 27.2 Å². The van der Waals surface area contributed by atoms with Crippen molar-refractivity contribution in [3.63, 3.8) is 0 Å². The normalized spacial score (nSPS) is 9.83. The van der Waals surface area contributed by atoms with Crippen molar-refractivity contribution in [2.24, 2.45) is 0 Å². The average Bonchev–Trinajstić information content (AvgIpc) is 1.12. The van der Waals surface area contributed by atoms with Gasteiger partial charge in [-0.25, -0.2) is 0 Å². The van der Waals surface area contributed by atoms with E-state index in [2.05, 4.69) is 0 Å². The van der Waals surface area contributed by atoms with Crippen molar-refractivity contribution >= 4 is 15.6 Å². The monoisotopic (exact) mass is 306 g/mol. The van der Waals surface area contributed by atoms with Gasteiger partial charge in [-0.05, 0) is 0 Å². The summed E-state index contributed by atoms with van der Waals surface area (Å²) in [4.78, 5) is 51.3. The molecule has 0 unspecified atom stereocenters. The smallest absolute Gasteiger partial charge is 0 e. The molecule has 0 atom stereocenters. The largest absolute Gasteiger partial charge is 0.822 e. The first-order chi connectivity index (χ1) is 4.00. The molecule has 0 aromatic rings. The molecule has 0 saturated carbocycles. The summed E-state index contributed by atoms with van der Waals surface area (Å²) in [7, 11) is -10.8. The van der Waals surface area contributed by atoms with E-state index in [0.29, 0.717) is 0 Å². The van der Waals surface area contributed by atoms with Crippen LogP contribution in [0.2, 0.25) is 0 Å². The van der Waals surface area contributed by atoms with Gasteiger partial charge in [0.1, 0.15) is 0 Å². The fraction of sp³-hybridized carbons (Fsp3) is 0. The van der Waals surface area contributed by atoms with E-state index in [1.165, 1.54) is 0 Å². The first-order valence-corrected chi connectivity index (χ1v) is 4.38. The first kappa shape index (κ1) is 23.0. The predicted molar refractivity (Wildman–Crippen MR) is 21.2 cm³/mol. The second-order valence-electron chi connectivity index (χ2n) is 0.894. The van der Waals surface area contributed by atoms with Crippen LogP contribution in [0, 0.1) is 0 Å². The van der Waals surface area contributed by atoms with Crippen molar-refractivity contribution in [3.8, 4) is 0 Å². The Hall–Kier alpha value is 0.868. The Morgan fingerprint density at radius 3 is 0.667 bits per heavy atom. The molecule has 0 heterocycles. The summed E-state index contributed by atoms with van der Waals surface area (Å²) in [6.45, 7) is 0. The van der Waals surface area contributed by atoms with Crippen molar-refractivity contribution in [1.82, 2.24) is 6.15 Å². The SMILES string of the molecule is O=P([O-])([O-])[O-].O=P([O-])([O-])[O-].[Mo].[NH4+]. The van der Waals surface area contributed by atoms with E-state index in [1.54, 1.807) is 0 Å². The van der Waals surface area contributed by atoms with Gasteiger partial charge in [-0.1, -0.05) is 0 Å². The number of rotatable bonds is 0. The van der Waals surface area contributed by atoms with Gasteiger partial charge < -0.3 is 44.6 Å². The zero-order valence-corrected chi connectivity index (χ0v) is 9.36. The van der Waals surface area contributed by atoms with Gasteiger partial charge in [-0.15, -0.1) is 0 Å². The maximum Gasteiger partial charge on any atom is 0 e. The van der Waals surface area contributed by atoms with E-state index in [0.717, 1.165) is 0 Å². The van der Waals surface area contributed by atoms with Gasteiger partial charge in [0.2, 0.25) is 0 Å². The van der Waals surface area contributed by atoms with Gasteiger partial charge in [0.05, 0.1) is 0 Å². The van der Waals surface area contributed by atoms with E-state index < -0.39 is 15.6 Å². The summed E-state index contributed by atoms with van der Waals surface area (Å²) in [6.07, 6.45) is 0. The molecule has 4 N–H and O–H groups in total. The third kappa shape index (κ3) is 1400. The molecule has 0 aliphatic rings. The molecule has 0 amide bonds. The summed E-state index contributed by atoms with van der Waals surface area (Å²) in [6, 6.07) is 0. The molecule has 0 saturated heterocycles. The standard InChI is InChI=1S/Mo.H3N.2H3O4P/c;;2*1-5(2,3)4/h;1H3;2*(H3,1,2,3,4)/p-5. The van der Waals surface area contributed by atoms with Crippen molar-refractivity contribution in [2.45, 2.75) is 0 Å². The fourth-order valence-corrected chi connectivity index (χ4v) is 0. The topological polar surface area (TPSA) is 209 Å². The molecule has 0 bridgehead atoms. The summed E-state index contributed by atoms with van der Waals surface area (Å²) in [5.41, 5.74) is 0. The molecule has 0 aromatic heterocycles. The molecule has 0 rings (SSSR count). The molecule has 0 aliphatic heterocycles. The Bertz CT molecular complexity index is 129. The minimum Gasteiger partial charge on any atom is -0.822 e. The van der Waals surface area contributed by atoms with Crippen LogP contribution < -0.4 is 35.5 Å². The molecular formula is H4MoNO8P2-5. The third-order valence-electron chi connectivity index (χ3n) is 0. The van der Waals surface area contributed by atoms with Gasteiger partial charge in [0.25, 0.3) is 0 Å². The van der Waals surface area contributed by atoms with Crippen LogP contribution in [0.5, 0.6) is 0 Å². The van der Waals surface area contributed by atoms with Gasteiger partial charge in [0, 0.05) is 21.1 Å². The van der Waals surface area contributed by atoms with E-state index in [9.17, 15) is 0 Å². The van der Waals surface area contributed by atoms with Gasteiger partial charge in [-0.2, -0.15) is 15.6 Å². The number of hydrogen-bond acceptors (Lipinski definition) is 8. The minimum absolute atomic E-state index is 0. The quantitative estimate of drug-likeness (QED) is 0.336. The molecule has 78 valence electrons. The fourth-order valence-electron chi connectivity index (χ4n) is 0. The van der Waals surface area contributed by atoms with Crippen LogP contribution in [0.3, 0.4) is 0 Å². The summed E-state index contributed by atoms with van der Waals surface area (Å²) >= 11 is 0. The van der Waals surface area contributed by atoms with E-state index >= 15 is 0 Å². The molecule has 0 spiro atoms. The molecule has 0 aliphatic carbocycles. The zero-order valence-electron chi connectivity index (χ0n) is 5.57. The van der Waals surface area contributed by atoms with Crippen LogP contribution in [0.15, 0.2) is 0 Å². The maximum absolute atomic E-state index is 8.55. The van der Waals surface area contributed by atoms with Crippen LogP contribution in [-0.4, -0.2) is 0 Å². The number of phosphoric acid groups is 2. The molecule has 9 nitrogen and oxygen atoms in total. The summed E-state index contributed by atoms with van der Waals surface area (Å²) < 4.78 is 17.1. The van der Waals surface area contributed by atoms with Crippen molar-refractivity contribution in [3.05, 3.63) is 0 Å². The average molecular weight is 304 g/mol. The molecule has 0 aromatic carbocycles. The Kier molecular flexibility index (Phi) is 16.3. The van der Waals surface area contributed by atoms with E-state index in [4.69, 9.17) is 38.5 Å². The van der Waals surface area contributed by atoms with Crippen LogP contribution >= 0.6 is 15.6 Å². The van der Waals surface area contributed by atoms with Crippen molar-refractivity contribution in [1.29, 1.82) is 0 Å². The van der Waals surface area contributed by atoms with Gasteiger partial charge >= 0.3 is 0 Å². The van der Waals surface area contributed by atoms with Gasteiger partial charge in [0.15, 0.2) is 0 Å². The number of quaternary nitrogens is 1. The van der Waals surface area contributed by atoms with E-state index in [1.807, 2.05) is 0 Å². The Morgan fingerprint density at radius 2 is 0.667 bits per heavy atom. The minimum atomic E-state index is -5.39. The van der Waals surface area contributed by atoms with Crippen LogP contribution in [0.25, 0.3) is 0 Å². The van der Waals surface area contributed by atoms with Crippen LogP contribution in [-0.2, 0) is 30.2 Å². The Labute approximate surface area is 81.8 Å².